The monoisotopic (exact) mass is 389 g/mol. The first kappa shape index (κ1) is 21.9. The number of phenolic OH excluding ortho intramolecular Hbond substituents is 1. The second-order valence-corrected chi connectivity index (χ2v) is 11.2. The van der Waals surface area contributed by atoms with Crippen molar-refractivity contribution in [2.45, 2.75) is 88.3 Å². The smallest absolute Gasteiger partial charge is 0.223 e. The fourth-order valence-corrected chi connectivity index (χ4v) is 4.68. The highest BCUT2D eigenvalue weighted by atomic mass is 32.2. The molecule has 1 amide bonds. The Morgan fingerprint density at radius 3 is 2.19 bits per heavy atom. The van der Waals surface area contributed by atoms with E-state index < -0.39 is 0 Å². The number of carbonyl (C=O) groups is 1. The zero-order chi connectivity index (χ0) is 20.6. The van der Waals surface area contributed by atoms with E-state index >= 15 is 0 Å². The average Bonchev–Trinajstić information content (AvgIpc) is 2.87. The second kappa shape index (κ2) is 7.90. The molecule has 0 unspecified atom stereocenters. The molecule has 2 rings (SSSR count). The van der Waals surface area contributed by atoms with Crippen LogP contribution in [0.25, 0.3) is 0 Å². The van der Waals surface area contributed by atoms with Gasteiger partial charge in [-0.25, -0.2) is 0 Å². The van der Waals surface area contributed by atoms with Crippen molar-refractivity contribution in [3.8, 4) is 5.75 Å². The van der Waals surface area contributed by atoms with E-state index in [1.165, 1.54) is 0 Å². The topological polar surface area (TPSA) is 40.5 Å². The van der Waals surface area contributed by atoms with Crippen molar-refractivity contribution in [3.05, 3.63) is 35.9 Å². The highest BCUT2D eigenvalue weighted by Crippen LogP contribution is 2.42. The SMILES string of the molecule is C=C[C@@H]1CCC(=O)N1C[C@@H](C)Sc1cc(C(C)(C)C)c(O)c(C(C)(C)C)c1. The summed E-state index contributed by atoms with van der Waals surface area (Å²) >= 11 is 1.77. The maximum atomic E-state index is 12.2. The lowest BCUT2D eigenvalue weighted by Gasteiger charge is -2.29. The Hall–Kier alpha value is -1.42. The number of hydrogen-bond donors (Lipinski definition) is 1. The van der Waals surface area contributed by atoms with E-state index in [1.807, 2.05) is 11.0 Å². The van der Waals surface area contributed by atoms with E-state index in [9.17, 15) is 9.90 Å². The Morgan fingerprint density at radius 2 is 1.74 bits per heavy atom. The molecular weight excluding hydrogens is 354 g/mol. The van der Waals surface area contributed by atoms with Gasteiger partial charge in [-0.2, -0.15) is 0 Å². The first-order valence-corrected chi connectivity index (χ1v) is 10.7. The molecule has 150 valence electrons. The van der Waals surface area contributed by atoms with Crippen LogP contribution in [0.4, 0.5) is 0 Å². The lowest BCUT2D eigenvalue weighted by atomic mass is 9.79. The summed E-state index contributed by atoms with van der Waals surface area (Å²) in [7, 11) is 0. The summed E-state index contributed by atoms with van der Waals surface area (Å²) in [5, 5.41) is 11.1. The Morgan fingerprint density at radius 1 is 1.22 bits per heavy atom. The summed E-state index contributed by atoms with van der Waals surface area (Å²) < 4.78 is 0. The Kier molecular flexibility index (Phi) is 6.40. The molecule has 3 nitrogen and oxygen atoms in total. The molecular formula is C23H35NO2S. The Labute approximate surface area is 169 Å². The normalized spacial score (nSPS) is 19.4. The van der Waals surface area contributed by atoms with Gasteiger partial charge < -0.3 is 10.0 Å². The van der Waals surface area contributed by atoms with Crippen LogP contribution in [-0.2, 0) is 15.6 Å². The molecule has 1 aliphatic heterocycles. The number of benzene rings is 1. The third-order valence-corrected chi connectivity index (χ3v) is 6.20. The summed E-state index contributed by atoms with van der Waals surface area (Å²) in [6.07, 6.45) is 3.38. The van der Waals surface area contributed by atoms with Gasteiger partial charge in [0.2, 0.25) is 5.91 Å². The van der Waals surface area contributed by atoms with Crippen molar-refractivity contribution in [1.29, 1.82) is 0 Å². The quantitative estimate of drug-likeness (QED) is 0.523. The fourth-order valence-electron chi connectivity index (χ4n) is 3.60. The lowest BCUT2D eigenvalue weighted by Crippen LogP contribution is -2.36. The molecule has 4 heteroatoms. The molecule has 0 bridgehead atoms. The standard InChI is InChI=1S/C23H35NO2S/c1-9-16-10-11-20(25)24(16)14-15(2)27-17-12-18(22(3,4)5)21(26)19(13-17)23(6,7)8/h9,12-13,15-16,26H,1,10-11,14H2,2-8H3/t15-,16-/m1/s1. The number of amides is 1. The van der Waals surface area contributed by atoms with Gasteiger partial charge in [-0.1, -0.05) is 54.5 Å². The highest BCUT2D eigenvalue weighted by Gasteiger charge is 2.31. The largest absolute Gasteiger partial charge is 0.507 e. The van der Waals surface area contributed by atoms with Crippen molar-refractivity contribution in [2.75, 3.05) is 6.54 Å². The van der Waals surface area contributed by atoms with Gasteiger partial charge in [0.15, 0.2) is 0 Å². The van der Waals surface area contributed by atoms with Crippen LogP contribution in [0.3, 0.4) is 0 Å². The molecule has 0 spiro atoms. The number of rotatable bonds is 5. The van der Waals surface area contributed by atoms with E-state index in [-0.39, 0.29) is 28.0 Å². The zero-order valence-electron chi connectivity index (χ0n) is 17.9. The van der Waals surface area contributed by atoms with E-state index in [0.29, 0.717) is 12.2 Å². The molecule has 1 aromatic rings. The van der Waals surface area contributed by atoms with Gasteiger partial charge >= 0.3 is 0 Å². The number of likely N-dealkylation sites (tertiary alicyclic amines) is 1. The highest BCUT2D eigenvalue weighted by molar-refractivity contribution is 8.00. The van der Waals surface area contributed by atoms with Crippen molar-refractivity contribution < 1.29 is 9.90 Å². The summed E-state index contributed by atoms with van der Waals surface area (Å²) in [5.74, 6) is 0.636. The number of phenols is 1. The van der Waals surface area contributed by atoms with Crippen LogP contribution in [0.1, 0.15) is 72.4 Å². The molecule has 1 aromatic carbocycles. The molecule has 2 atom stereocenters. The van der Waals surface area contributed by atoms with E-state index in [0.717, 1.165) is 29.0 Å². The van der Waals surface area contributed by atoms with Gasteiger partial charge in [-0.15, -0.1) is 18.3 Å². The third kappa shape index (κ3) is 5.10. The van der Waals surface area contributed by atoms with Crippen molar-refractivity contribution in [1.82, 2.24) is 4.90 Å². The van der Waals surface area contributed by atoms with Crippen LogP contribution in [0.2, 0.25) is 0 Å². The molecule has 0 saturated carbocycles. The summed E-state index contributed by atoms with van der Waals surface area (Å²) in [6.45, 7) is 19.5. The molecule has 1 heterocycles. The van der Waals surface area contributed by atoms with Gasteiger partial charge in [0, 0.05) is 34.2 Å². The molecule has 1 saturated heterocycles. The molecule has 27 heavy (non-hydrogen) atoms. The molecule has 0 radical (unpaired) electrons. The van der Waals surface area contributed by atoms with Crippen molar-refractivity contribution >= 4 is 17.7 Å². The van der Waals surface area contributed by atoms with Crippen LogP contribution in [0.15, 0.2) is 29.7 Å². The number of thioether (sulfide) groups is 1. The third-order valence-electron chi connectivity index (χ3n) is 5.14. The van der Waals surface area contributed by atoms with Crippen LogP contribution >= 0.6 is 11.8 Å². The van der Waals surface area contributed by atoms with Crippen LogP contribution < -0.4 is 0 Å². The molecule has 1 fully saturated rings. The minimum Gasteiger partial charge on any atom is -0.507 e. The molecule has 0 aromatic heterocycles. The predicted molar refractivity (Wildman–Crippen MR) is 116 cm³/mol. The average molecular weight is 390 g/mol. The maximum Gasteiger partial charge on any atom is 0.223 e. The van der Waals surface area contributed by atoms with Crippen LogP contribution in [-0.4, -0.2) is 33.8 Å². The summed E-state index contributed by atoms with van der Waals surface area (Å²) in [6, 6.07) is 4.39. The summed E-state index contributed by atoms with van der Waals surface area (Å²) in [5.41, 5.74) is 1.68. The first-order valence-electron chi connectivity index (χ1n) is 9.81. The van der Waals surface area contributed by atoms with Gasteiger partial charge in [-0.05, 0) is 29.4 Å². The van der Waals surface area contributed by atoms with Gasteiger partial charge in [0.1, 0.15) is 5.75 Å². The van der Waals surface area contributed by atoms with E-state index in [2.05, 4.69) is 67.2 Å². The second-order valence-electron chi connectivity index (χ2n) is 9.68. The van der Waals surface area contributed by atoms with E-state index in [4.69, 9.17) is 0 Å². The van der Waals surface area contributed by atoms with Crippen LogP contribution in [0, 0.1) is 0 Å². The fraction of sp³-hybridized carbons (Fsp3) is 0.609. The lowest BCUT2D eigenvalue weighted by molar-refractivity contribution is -0.128. The molecule has 1 aliphatic rings. The Balaban J connectivity index is 2.30. The Bertz CT molecular complexity index is 677. The predicted octanol–water partition coefficient (Wildman–Crippen LogP) is 5.64. The van der Waals surface area contributed by atoms with E-state index in [1.54, 1.807) is 11.8 Å². The number of hydrogen-bond acceptors (Lipinski definition) is 3. The number of aromatic hydroxyl groups is 1. The van der Waals surface area contributed by atoms with Crippen LogP contribution in [0.5, 0.6) is 5.75 Å². The molecule has 1 N–H and O–H groups in total. The van der Waals surface area contributed by atoms with Gasteiger partial charge in [0.25, 0.3) is 0 Å². The minimum atomic E-state index is -0.136. The van der Waals surface area contributed by atoms with Gasteiger partial charge in [0.05, 0.1) is 6.04 Å². The minimum absolute atomic E-state index is 0.136. The summed E-state index contributed by atoms with van der Waals surface area (Å²) in [4.78, 5) is 15.3. The first-order chi connectivity index (χ1) is 12.3. The van der Waals surface area contributed by atoms with Crippen molar-refractivity contribution in [3.63, 3.8) is 0 Å². The van der Waals surface area contributed by atoms with Gasteiger partial charge in [-0.3, -0.25) is 4.79 Å². The van der Waals surface area contributed by atoms with Crippen molar-refractivity contribution in [2.24, 2.45) is 0 Å². The number of carbonyl (C=O) groups excluding carboxylic acids is 1. The maximum absolute atomic E-state index is 12.2. The molecule has 0 aliphatic carbocycles. The zero-order valence-corrected chi connectivity index (χ0v) is 18.7. The number of nitrogens with zero attached hydrogens (tertiary/aromatic N) is 1.